The first-order valence-electron chi connectivity index (χ1n) is 7.77. The van der Waals surface area contributed by atoms with Gasteiger partial charge in [0.05, 0.1) is 4.88 Å². The van der Waals surface area contributed by atoms with Crippen molar-refractivity contribution in [1.29, 1.82) is 0 Å². The fourth-order valence-electron chi connectivity index (χ4n) is 2.42. The van der Waals surface area contributed by atoms with Gasteiger partial charge in [0.1, 0.15) is 5.69 Å². The highest BCUT2D eigenvalue weighted by Crippen LogP contribution is 2.23. The van der Waals surface area contributed by atoms with E-state index in [1.165, 1.54) is 23.3 Å². The van der Waals surface area contributed by atoms with Crippen molar-refractivity contribution < 1.29 is 0 Å². The lowest BCUT2D eigenvalue weighted by Crippen LogP contribution is -1.99. The zero-order valence-electron chi connectivity index (χ0n) is 13.1. The highest BCUT2D eigenvalue weighted by Gasteiger charge is 2.05. The van der Waals surface area contributed by atoms with Gasteiger partial charge in [-0.3, -0.25) is 0 Å². The fraction of sp³-hybridized carbons (Fsp3) is 0.333. The van der Waals surface area contributed by atoms with Crippen molar-refractivity contribution in [3.05, 3.63) is 53.7 Å². The van der Waals surface area contributed by atoms with Crippen LogP contribution in [0.1, 0.15) is 32.3 Å². The first-order chi connectivity index (χ1) is 10.7. The Morgan fingerprint density at radius 3 is 2.77 bits per heavy atom. The second-order valence-electron chi connectivity index (χ2n) is 5.93. The molecule has 0 aliphatic carbocycles. The van der Waals surface area contributed by atoms with E-state index in [-0.39, 0.29) is 0 Å². The number of thiophene rings is 1. The predicted molar refractivity (Wildman–Crippen MR) is 92.4 cm³/mol. The maximum Gasteiger partial charge on any atom is 0.153 e. The number of aromatic nitrogens is 3. The second-order valence-corrected chi connectivity index (χ2v) is 6.88. The highest BCUT2D eigenvalue weighted by molar-refractivity contribution is 7.13. The molecule has 0 aliphatic heterocycles. The SMILES string of the molecule is CC(C)CCCc1ccc(-n2ccc(-c3cccs3)n2)nc1. The summed E-state index contributed by atoms with van der Waals surface area (Å²) in [4.78, 5) is 5.73. The van der Waals surface area contributed by atoms with Gasteiger partial charge in [0.2, 0.25) is 0 Å². The van der Waals surface area contributed by atoms with Gasteiger partial charge < -0.3 is 0 Å². The molecule has 0 amide bonds. The molecule has 0 unspecified atom stereocenters. The molecule has 0 atom stereocenters. The number of hydrogen-bond acceptors (Lipinski definition) is 3. The molecule has 0 saturated carbocycles. The quantitative estimate of drug-likeness (QED) is 0.643. The van der Waals surface area contributed by atoms with Gasteiger partial charge in [-0.1, -0.05) is 32.4 Å². The summed E-state index contributed by atoms with van der Waals surface area (Å²) in [6.07, 6.45) is 7.54. The monoisotopic (exact) mass is 311 g/mol. The zero-order valence-corrected chi connectivity index (χ0v) is 13.9. The van der Waals surface area contributed by atoms with Crippen molar-refractivity contribution in [2.24, 2.45) is 5.92 Å². The summed E-state index contributed by atoms with van der Waals surface area (Å²) in [6.45, 7) is 4.54. The van der Waals surface area contributed by atoms with Crippen molar-refractivity contribution in [1.82, 2.24) is 14.8 Å². The summed E-state index contributed by atoms with van der Waals surface area (Å²) in [5.74, 6) is 1.64. The predicted octanol–water partition coefficient (Wildman–Crippen LogP) is 4.97. The van der Waals surface area contributed by atoms with Gasteiger partial charge in [0.25, 0.3) is 0 Å². The summed E-state index contributed by atoms with van der Waals surface area (Å²) < 4.78 is 1.84. The summed E-state index contributed by atoms with van der Waals surface area (Å²) >= 11 is 1.70. The molecule has 114 valence electrons. The average molecular weight is 311 g/mol. The van der Waals surface area contributed by atoms with Crippen LogP contribution in [0, 0.1) is 5.92 Å². The molecule has 3 aromatic heterocycles. The molecule has 3 aromatic rings. The molecule has 0 fully saturated rings. The normalized spacial score (nSPS) is 11.2. The van der Waals surface area contributed by atoms with Gasteiger partial charge in [-0.15, -0.1) is 11.3 Å². The number of nitrogens with zero attached hydrogens (tertiary/aromatic N) is 3. The molecular formula is C18H21N3S. The molecule has 3 heterocycles. The van der Waals surface area contributed by atoms with Crippen LogP contribution in [0.2, 0.25) is 0 Å². The van der Waals surface area contributed by atoms with E-state index >= 15 is 0 Å². The van der Waals surface area contributed by atoms with Crippen LogP contribution in [-0.2, 0) is 6.42 Å². The van der Waals surface area contributed by atoms with E-state index in [9.17, 15) is 0 Å². The van der Waals surface area contributed by atoms with Gasteiger partial charge in [0, 0.05) is 12.4 Å². The van der Waals surface area contributed by atoms with Gasteiger partial charge in [0.15, 0.2) is 5.82 Å². The molecule has 0 bridgehead atoms. The smallest absolute Gasteiger partial charge is 0.153 e. The molecule has 0 saturated heterocycles. The van der Waals surface area contributed by atoms with Crippen LogP contribution in [0.4, 0.5) is 0 Å². The van der Waals surface area contributed by atoms with E-state index in [2.05, 4.69) is 47.5 Å². The van der Waals surface area contributed by atoms with Crippen molar-refractivity contribution in [2.45, 2.75) is 33.1 Å². The maximum absolute atomic E-state index is 4.60. The van der Waals surface area contributed by atoms with Crippen molar-refractivity contribution in [2.75, 3.05) is 0 Å². The van der Waals surface area contributed by atoms with E-state index < -0.39 is 0 Å². The molecular weight excluding hydrogens is 290 g/mol. The highest BCUT2D eigenvalue weighted by atomic mass is 32.1. The molecule has 3 rings (SSSR count). The van der Waals surface area contributed by atoms with E-state index in [1.807, 2.05) is 29.2 Å². The Morgan fingerprint density at radius 1 is 1.18 bits per heavy atom. The summed E-state index contributed by atoms with van der Waals surface area (Å²) in [6, 6.07) is 10.4. The zero-order chi connectivity index (χ0) is 15.4. The molecule has 22 heavy (non-hydrogen) atoms. The number of hydrogen-bond donors (Lipinski definition) is 0. The third-order valence-electron chi connectivity index (χ3n) is 3.65. The minimum atomic E-state index is 0.770. The summed E-state index contributed by atoms with van der Waals surface area (Å²) in [7, 11) is 0. The lowest BCUT2D eigenvalue weighted by molar-refractivity contribution is 0.555. The van der Waals surface area contributed by atoms with Crippen LogP contribution >= 0.6 is 11.3 Å². The molecule has 0 radical (unpaired) electrons. The Balaban J connectivity index is 1.68. The molecule has 0 aliphatic rings. The van der Waals surface area contributed by atoms with Gasteiger partial charge >= 0.3 is 0 Å². The van der Waals surface area contributed by atoms with E-state index in [1.54, 1.807) is 11.3 Å². The van der Waals surface area contributed by atoms with Crippen LogP contribution < -0.4 is 0 Å². The first kappa shape index (κ1) is 15.0. The van der Waals surface area contributed by atoms with E-state index in [4.69, 9.17) is 0 Å². The van der Waals surface area contributed by atoms with E-state index in [0.29, 0.717) is 0 Å². The van der Waals surface area contributed by atoms with Gasteiger partial charge in [-0.2, -0.15) is 5.10 Å². The van der Waals surface area contributed by atoms with Crippen LogP contribution in [0.15, 0.2) is 48.1 Å². The summed E-state index contributed by atoms with van der Waals surface area (Å²) in [5, 5.41) is 6.67. The minimum absolute atomic E-state index is 0.770. The third kappa shape index (κ3) is 3.63. The number of rotatable bonds is 6. The fourth-order valence-corrected chi connectivity index (χ4v) is 3.11. The Morgan fingerprint density at radius 2 is 2.09 bits per heavy atom. The first-order valence-corrected chi connectivity index (χ1v) is 8.65. The van der Waals surface area contributed by atoms with Crippen LogP contribution in [-0.4, -0.2) is 14.8 Å². The number of aryl methyl sites for hydroxylation is 1. The lowest BCUT2D eigenvalue weighted by Gasteiger charge is -2.05. The van der Waals surface area contributed by atoms with Crippen molar-refractivity contribution in [3.8, 4) is 16.4 Å². The van der Waals surface area contributed by atoms with Crippen molar-refractivity contribution >= 4 is 11.3 Å². The third-order valence-corrected chi connectivity index (χ3v) is 4.55. The second kappa shape index (κ2) is 6.88. The molecule has 0 aromatic carbocycles. The lowest BCUT2D eigenvalue weighted by atomic mass is 10.0. The molecule has 0 spiro atoms. The standard InChI is InChI=1S/C18H21N3S/c1-14(2)5-3-6-15-8-9-18(19-13-15)21-11-10-16(20-21)17-7-4-12-22-17/h4,7-14H,3,5-6H2,1-2H3. The van der Waals surface area contributed by atoms with E-state index in [0.717, 1.165) is 23.9 Å². The Labute approximate surface area is 135 Å². The Kier molecular flexibility index (Phi) is 4.68. The number of pyridine rings is 1. The Bertz CT molecular complexity index is 696. The van der Waals surface area contributed by atoms with Crippen LogP contribution in [0.25, 0.3) is 16.4 Å². The van der Waals surface area contributed by atoms with Crippen LogP contribution in [0.3, 0.4) is 0 Å². The van der Waals surface area contributed by atoms with Gasteiger partial charge in [-0.25, -0.2) is 9.67 Å². The minimum Gasteiger partial charge on any atom is -0.237 e. The molecule has 4 heteroatoms. The summed E-state index contributed by atoms with van der Waals surface area (Å²) in [5.41, 5.74) is 2.30. The largest absolute Gasteiger partial charge is 0.237 e. The molecule has 3 nitrogen and oxygen atoms in total. The maximum atomic E-state index is 4.60. The topological polar surface area (TPSA) is 30.7 Å². The average Bonchev–Trinajstić information content (AvgIpc) is 3.19. The van der Waals surface area contributed by atoms with Crippen LogP contribution in [0.5, 0.6) is 0 Å². The van der Waals surface area contributed by atoms with Crippen molar-refractivity contribution in [3.63, 3.8) is 0 Å². The van der Waals surface area contributed by atoms with Gasteiger partial charge in [-0.05, 0) is 47.9 Å². The molecule has 0 N–H and O–H groups in total. The Hall–Kier alpha value is -1.94.